The quantitative estimate of drug-likeness (QED) is 0.109. The van der Waals surface area contributed by atoms with Gasteiger partial charge in [0.25, 0.3) is 11.8 Å². The number of hydrogen-bond acceptors (Lipinski definition) is 8. The summed E-state index contributed by atoms with van der Waals surface area (Å²) >= 11 is 12.8. The number of benzene rings is 3. The lowest BCUT2D eigenvalue weighted by atomic mass is 10.0. The summed E-state index contributed by atoms with van der Waals surface area (Å²) in [5, 5.41) is 7.38. The molecule has 0 unspecified atom stereocenters. The zero-order chi connectivity index (χ0) is 41.3. The van der Waals surface area contributed by atoms with Crippen LogP contribution in [0.4, 0.5) is 15.0 Å². The molecule has 15 heteroatoms. The van der Waals surface area contributed by atoms with Crippen molar-refractivity contribution in [1.82, 2.24) is 24.6 Å². The second kappa shape index (κ2) is 16.6. The summed E-state index contributed by atoms with van der Waals surface area (Å²) < 4.78 is 28.4. The van der Waals surface area contributed by atoms with Gasteiger partial charge in [-0.2, -0.15) is 5.10 Å². The Morgan fingerprint density at radius 2 is 1.59 bits per heavy atom. The molecular formula is C43H41Cl2FN6O6. The van der Waals surface area contributed by atoms with Crippen molar-refractivity contribution in [2.24, 2.45) is 0 Å². The van der Waals surface area contributed by atoms with E-state index < -0.39 is 41.3 Å². The first-order chi connectivity index (χ1) is 27.7. The molecule has 1 fully saturated rings. The Balaban J connectivity index is 1.19. The highest BCUT2D eigenvalue weighted by Gasteiger charge is 2.43. The topological polar surface area (TPSA) is 136 Å². The van der Waals surface area contributed by atoms with Crippen molar-refractivity contribution in [3.8, 4) is 16.9 Å². The van der Waals surface area contributed by atoms with E-state index in [9.17, 15) is 23.6 Å². The Labute approximate surface area is 344 Å². The van der Waals surface area contributed by atoms with E-state index in [0.717, 1.165) is 16.5 Å². The summed E-state index contributed by atoms with van der Waals surface area (Å²) in [5.74, 6) is -2.51. The Kier molecular flexibility index (Phi) is 11.6. The summed E-state index contributed by atoms with van der Waals surface area (Å²) in [4.78, 5) is 61.6. The molecule has 300 valence electrons. The van der Waals surface area contributed by atoms with Crippen LogP contribution in [0, 0.1) is 5.82 Å². The van der Waals surface area contributed by atoms with Crippen molar-refractivity contribution >= 4 is 52.8 Å². The van der Waals surface area contributed by atoms with Crippen molar-refractivity contribution < 1.29 is 33.0 Å². The maximum Gasteiger partial charge on any atom is 0.410 e. The molecule has 12 nitrogen and oxygen atoms in total. The Bertz CT molecular complexity index is 2340. The van der Waals surface area contributed by atoms with E-state index >= 15 is 0 Å². The van der Waals surface area contributed by atoms with Gasteiger partial charge in [0.1, 0.15) is 23.6 Å². The van der Waals surface area contributed by atoms with Crippen LogP contribution in [0.15, 0.2) is 91.4 Å². The fourth-order valence-electron chi connectivity index (χ4n) is 7.11. The number of nitrogens with one attached hydrogen (secondary N) is 1. The van der Waals surface area contributed by atoms with Gasteiger partial charge in [-0.1, -0.05) is 65.7 Å². The minimum atomic E-state index is -1.27. The zero-order valence-corrected chi connectivity index (χ0v) is 33.8. The number of anilines is 1. The molecule has 0 spiro atoms. The van der Waals surface area contributed by atoms with Crippen molar-refractivity contribution in [2.75, 3.05) is 18.4 Å². The third-order valence-electron chi connectivity index (χ3n) is 10.0. The normalized spacial score (nSPS) is 15.6. The van der Waals surface area contributed by atoms with Crippen molar-refractivity contribution in [1.29, 1.82) is 0 Å². The summed E-state index contributed by atoms with van der Waals surface area (Å²) in [6.45, 7) is 8.16. The van der Waals surface area contributed by atoms with E-state index in [4.69, 9.17) is 32.7 Å². The number of nitrogens with zero attached hydrogens (tertiary/aromatic N) is 5. The molecule has 2 aromatic heterocycles. The van der Waals surface area contributed by atoms with Crippen molar-refractivity contribution in [3.05, 3.63) is 130 Å². The molecule has 1 N–H and O–H groups in total. The highest BCUT2D eigenvalue weighted by Crippen LogP contribution is 2.38. The number of rotatable bonds is 10. The number of carbonyl (C=O) groups is 4. The van der Waals surface area contributed by atoms with Gasteiger partial charge in [-0.25, -0.2) is 14.2 Å². The van der Waals surface area contributed by atoms with E-state index in [0.29, 0.717) is 37.1 Å². The van der Waals surface area contributed by atoms with Crippen LogP contribution in [0.3, 0.4) is 0 Å². The standard InChI is InChI=1S/C43H41Cl2FN6O6/c1-25(36-32(44)14-15-33(46)37(36)45)57-35-21-27(28-23-48-51(24-28)29-16-18-50(19-17-29)42(56)58-43(2,3)4)22-47-38(35)49-39(53)34(20-26-10-6-5-7-11-26)52-40(54)30-12-8-9-13-31(30)41(52)55/h5-15,21-25,29,34H,16-20H2,1-4H3,(H,47,49,53)/t25-,34+/m1/s1. The summed E-state index contributed by atoms with van der Waals surface area (Å²) in [6.07, 6.45) is 5.17. The largest absolute Gasteiger partial charge is 0.482 e. The van der Waals surface area contributed by atoms with Crippen LogP contribution < -0.4 is 10.1 Å². The van der Waals surface area contributed by atoms with Gasteiger partial charge < -0.3 is 19.7 Å². The third kappa shape index (κ3) is 8.56. The van der Waals surface area contributed by atoms with Crippen LogP contribution in [0.5, 0.6) is 5.75 Å². The molecular weight excluding hydrogens is 786 g/mol. The maximum atomic E-state index is 14.6. The molecule has 4 heterocycles. The molecule has 2 aliphatic rings. The predicted octanol–water partition coefficient (Wildman–Crippen LogP) is 8.95. The molecule has 0 aliphatic carbocycles. The molecule has 3 aromatic carbocycles. The lowest BCUT2D eigenvalue weighted by molar-refractivity contribution is -0.120. The molecule has 2 atom stereocenters. The number of hydrogen-bond donors (Lipinski definition) is 1. The van der Waals surface area contributed by atoms with Gasteiger partial charge in [0.05, 0.1) is 28.4 Å². The molecule has 5 aromatic rings. The fourth-order valence-corrected chi connectivity index (χ4v) is 7.78. The van der Waals surface area contributed by atoms with Crippen LogP contribution in [0.1, 0.15) is 84.5 Å². The molecule has 0 radical (unpaired) electrons. The average Bonchev–Trinajstić information content (AvgIpc) is 3.79. The Hall–Kier alpha value is -5.79. The van der Waals surface area contributed by atoms with Gasteiger partial charge >= 0.3 is 6.09 Å². The third-order valence-corrected chi connectivity index (χ3v) is 10.7. The van der Waals surface area contributed by atoms with Crippen molar-refractivity contribution in [3.63, 3.8) is 0 Å². The number of pyridine rings is 1. The number of carbonyl (C=O) groups excluding carboxylic acids is 4. The van der Waals surface area contributed by atoms with E-state index in [1.807, 2.05) is 37.7 Å². The summed E-state index contributed by atoms with van der Waals surface area (Å²) in [6, 6.07) is 18.4. The molecule has 58 heavy (non-hydrogen) atoms. The number of piperidine rings is 1. The molecule has 4 amide bonds. The van der Waals surface area contributed by atoms with E-state index in [2.05, 4.69) is 15.4 Å². The minimum absolute atomic E-state index is 0.0210. The fraction of sp³-hybridized carbons (Fsp3) is 0.302. The highest BCUT2D eigenvalue weighted by atomic mass is 35.5. The smallest absolute Gasteiger partial charge is 0.410 e. The monoisotopic (exact) mass is 826 g/mol. The number of ether oxygens (including phenoxy) is 2. The molecule has 0 bridgehead atoms. The van der Waals surface area contributed by atoms with Gasteiger partial charge in [0, 0.05) is 53.6 Å². The van der Waals surface area contributed by atoms with Gasteiger partial charge in [-0.3, -0.25) is 24.0 Å². The minimum Gasteiger partial charge on any atom is -0.482 e. The van der Waals surface area contributed by atoms with E-state index in [1.165, 1.54) is 12.3 Å². The van der Waals surface area contributed by atoms with Crippen LogP contribution >= 0.6 is 23.2 Å². The SMILES string of the molecule is C[C@@H](Oc1cc(-c2cnn(C3CCN(C(=O)OC(C)(C)C)CC3)c2)cnc1NC(=O)[C@H](Cc1ccccc1)N1C(=O)c2ccccc2C1=O)c1c(Cl)ccc(F)c1Cl. The second-order valence-electron chi connectivity index (χ2n) is 15.2. The van der Waals surface area contributed by atoms with Gasteiger partial charge in [-0.05, 0) is 76.4 Å². The molecule has 1 saturated heterocycles. The molecule has 7 rings (SSSR count). The van der Waals surface area contributed by atoms with Gasteiger partial charge in [0.2, 0.25) is 5.91 Å². The van der Waals surface area contributed by atoms with Crippen LogP contribution in [0.2, 0.25) is 10.0 Å². The summed E-state index contributed by atoms with van der Waals surface area (Å²) in [5.41, 5.74) is 1.99. The number of aromatic nitrogens is 3. The maximum absolute atomic E-state index is 14.6. The first-order valence-corrected chi connectivity index (χ1v) is 19.6. The average molecular weight is 828 g/mol. The van der Waals surface area contributed by atoms with Crippen LogP contribution in [-0.2, 0) is 16.0 Å². The number of fused-ring (bicyclic) bond motifs is 1. The zero-order valence-electron chi connectivity index (χ0n) is 32.2. The second-order valence-corrected chi connectivity index (χ2v) is 16.0. The predicted molar refractivity (Wildman–Crippen MR) is 217 cm³/mol. The van der Waals surface area contributed by atoms with E-state index in [1.54, 1.807) is 72.6 Å². The number of imide groups is 1. The van der Waals surface area contributed by atoms with E-state index in [-0.39, 0.29) is 56.9 Å². The van der Waals surface area contributed by atoms with Gasteiger partial charge in [0.15, 0.2) is 11.6 Å². The summed E-state index contributed by atoms with van der Waals surface area (Å²) in [7, 11) is 0. The lowest BCUT2D eigenvalue weighted by Gasteiger charge is -2.33. The Morgan fingerprint density at radius 3 is 2.24 bits per heavy atom. The van der Waals surface area contributed by atoms with Crippen LogP contribution in [0.25, 0.3) is 11.1 Å². The first-order valence-electron chi connectivity index (χ1n) is 18.8. The first kappa shape index (κ1) is 40.4. The number of amides is 4. The number of likely N-dealkylation sites (tertiary alicyclic amines) is 1. The Morgan fingerprint density at radius 1 is 0.931 bits per heavy atom. The highest BCUT2D eigenvalue weighted by molar-refractivity contribution is 6.36. The van der Waals surface area contributed by atoms with Crippen LogP contribution in [-0.4, -0.2) is 73.1 Å². The molecule has 2 aliphatic heterocycles. The molecule has 0 saturated carbocycles. The number of halogens is 3. The van der Waals surface area contributed by atoms with Crippen molar-refractivity contribution in [2.45, 2.75) is 70.7 Å². The van der Waals surface area contributed by atoms with Gasteiger partial charge in [-0.15, -0.1) is 0 Å². The lowest BCUT2D eigenvalue weighted by Crippen LogP contribution is -2.48.